The number of hydrogen-bond acceptors (Lipinski definition) is 5. The normalized spacial score (nSPS) is 24.6. The molecular formula is C20H23N3O2. The molecule has 1 aromatic carbocycles. The zero-order valence-electron chi connectivity index (χ0n) is 14.7. The number of likely N-dealkylation sites (tertiary alicyclic amines) is 1. The first-order chi connectivity index (χ1) is 12.1. The van der Waals surface area contributed by atoms with Crippen molar-refractivity contribution in [2.24, 2.45) is 5.10 Å². The largest absolute Gasteiger partial charge is 0.466 e. The van der Waals surface area contributed by atoms with Crippen LogP contribution < -0.4 is 4.74 Å². The Labute approximate surface area is 147 Å². The summed E-state index contributed by atoms with van der Waals surface area (Å²) in [6.07, 6.45) is 2.79. The van der Waals surface area contributed by atoms with Crippen LogP contribution in [0.5, 0.6) is 5.75 Å². The monoisotopic (exact) mass is 337 g/mol. The Morgan fingerprint density at radius 2 is 1.92 bits per heavy atom. The molecule has 0 amide bonds. The lowest BCUT2D eigenvalue weighted by atomic mass is 9.91. The molecule has 5 rings (SSSR count). The maximum Gasteiger partial charge on any atom is 0.200 e. The van der Waals surface area contributed by atoms with Crippen LogP contribution in [0.15, 0.2) is 45.9 Å². The lowest BCUT2D eigenvalue weighted by Gasteiger charge is -2.50. The zero-order valence-corrected chi connectivity index (χ0v) is 14.7. The molecule has 130 valence electrons. The van der Waals surface area contributed by atoms with Crippen molar-refractivity contribution in [3.05, 3.63) is 53.5 Å². The summed E-state index contributed by atoms with van der Waals surface area (Å²) < 4.78 is 12.4. The van der Waals surface area contributed by atoms with Gasteiger partial charge < -0.3 is 14.1 Å². The van der Waals surface area contributed by atoms with Crippen LogP contribution in [-0.2, 0) is 0 Å². The van der Waals surface area contributed by atoms with E-state index in [2.05, 4.69) is 41.2 Å². The Morgan fingerprint density at radius 3 is 2.68 bits per heavy atom. The van der Waals surface area contributed by atoms with Crippen molar-refractivity contribution in [3.63, 3.8) is 0 Å². The van der Waals surface area contributed by atoms with E-state index in [-0.39, 0.29) is 11.8 Å². The van der Waals surface area contributed by atoms with E-state index < -0.39 is 0 Å². The number of hydrogen-bond donors (Lipinski definition) is 0. The van der Waals surface area contributed by atoms with Crippen molar-refractivity contribution in [2.75, 3.05) is 20.1 Å². The van der Waals surface area contributed by atoms with E-state index in [1.165, 1.54) is 5.56 Å². The average molecular weight is 337 g/mol. The van der Waals surface area contributed by atoms with Crippen LogP contribution in [0.1, 0.15) is 42.4 Å². The highest BCUT2D eigenvalue weighted by Gasteiger charge is 2.51. The summed E-state index contributed by atoms with van der Waals surface area (Å²) in [7, 11) is 2.17. The van der Waals surface area contributed by atoms with Gasteiger partial charge in [-0.1, -0.05) is 18.2 Å². The van der Waals surface area contributed by atoms with Crippen molar-refractivity contribution in [1.82, 2.24) is 9.91 Å². The summed E-state index contributed by atoms with van der Waals surface area (Å²) in [5.74, 6) is 2.82. The van der Waals surface area contributed by atoms with Crippen LogP contribution in [-0.4, -0.2) is 41.5 Å². The fourth-order valence-electron chi connectivity index (χ4n) is 4.27. The number of nitrogens with zero attached hydrogens (tertiary/aromatic N) is 3. The minimum atomic E-state index is -0.338. The topological polar surface area (TPSA) is 41.2 Å². The molecule has 5 nitrogen and oxygen atoms in total. The number of para-hydroxylation sites is 1. The van der Waals surface area contributed by atoms with Crippen molar-refractivity contribution in [2.45, 2.75) is 38.0 Å². The lowest BCUT2D eigenvalue weighted by Crippen LogP contribution is -2.58. The van der Waals surface area contributed by atoms with Crippen molar-refractivity contribution in [1.29, 1.82) is 0 Å². The molecule has 0 N–H and O–H groups in total. The maximum absolute atomic E-state index is 6.57. The molecule has 0 saturated carbocycles. The minimum Gasteiger partial charge on any atom is -0.466 e. The molecule has 3 aliphatic rings. The molecule has 2 aromatic rings. The van der Waals surface area contributed by atoms with Crippen LogP contribution in [0, 0.1) is 6.92 Å². The molecule has 4 heterocycles. The number of benzene rings is 1. The van der Waals surface area contributed by atoms with Crippen LogP contribution in [0.3, 0.4) is 0 Å². The summed E-state index contributed by atoms with van der Waals surface area (Å²) in [5.41, 5.74) is 1.92. The zero-order chi connectivity index (χ0) is 17.0. The van der Waals surface area contributed by atoms with Gasteiger partial charge in [0.2, 0.25) is 5.72 Å². The van der Waals surface area contributed by atoms with Gasteiger partial charge in [0, 0.05) is 37.9 Å². The molecule has 1 aromatic heterocycles. The molecule has 0 aliphatic carbocycles. The number of piperidine rings is 1. The molecule has 25 heavy (non-hydrogen) atoms. The molecule has 3 aliphatic heterocycles. The van der Waals surface area contributed by atoms with Gasteiger partial charge in [-0.25, -0.2) is 5.01 Å². The van der Waals surface area contributed by atoms with E-state index in [4.69, 9.17) is 14.3 Å². The summed E-state index contributed by atoms with van der Waals surface area (Å²) in [5, 5.41) is 7.24. The number of rotatable bonds is 1. The predicted octanol–water partition coefficient (Wildman–Crippen LogP) is 3.55. The molecule has 1 atom stereocenters. The molecule has 0 unspecified atom stereocenters. The highest BCUT2D eigenvalue weighted by atomic mass is 16.5. The second-order valence-corrected chi connectivity index (χ2v) is 7.41. The Kier molecular flexibility index (Phi) is 3.22. The van der Waals surface area contributed by atoms with Gasteiger partial charge in [0.25, 0.3) is 0 Å². The fraction of sp³-hybridized carbons (Fsp3) is 0.450. The molecule has 1 saturated heterocycles. The number of furan rings is 1. The number of fused-ring (bicyclic) bond motifs is 4. The van der Waals surface area contributed by atoms with E-state index in [1.807, 2.05) is 19.1 Å². The summed E-state index contributed by atoms with van der Waals surface area (Å²) in [6, 6.07) is 12.7. The first-order valence-electron chi connectivity index (χ1n) is 9.05. The van der Waals surface area contributed by atoms with Crippen LogP contribution in [0.2, 0.25) is 0 Å². The predicted molar refractivity (Wildman–Crippen MR) is 95.7 cm³/mol. The molecule has 1 spiro atoms. The maximum atomic E-state index is 6.57. The Hall–Kier alpha value is -2.27. The Balaban J connectivity index is 1.58. The third-order valence-corrected chi connectivity index (χ3v) is 5.70. The van der Waals surface area contributed by atoms with Gasteiger partial charge in [-0.15, -0.1) is 0 Å². The lowest BCUT2D eigenvalue weighted by molar-refractivity contribution is -0.147. The van der Waals surface area contributed by atoms with E-state index in [0.717, 1.165) is 55.3 Å². The molecular weight excluding hydrogens is 314 g/mol. The first-order valence-corrected chi connectivity index (χ1v) is 9.05. The Bertz CT molecular complexity index is 833. The van der Waals surface area contributed by atoms with Crippen LogP contribution >= 0.6 is 0 Å². The standard InChI is InChI=1S/C20H23N3O2/c1-14-7-8-19(24-14)16-13-17-15-5-3-4-6-18(15)25-20(23(17)21-16)9-11-22(2)12-10-20/h3-8,17H,9-13H2,1-2H3/t17-/m0/s1. The third kappa shape index (κ3) is 2.29. The van der Waals surface area contributed by atoms with E-state index >= 15 is 0 Å². The smallest absolute Gasteiger partial charge is 0.200 e. The average Bonchev–Trinajstić information content (AvgIpc) is 3.25. The van der Waals surface area contributed by atoms with Gasteiger partial charge in [-0.3, -0.25) is 0 Å². The highest BCUT2D eigenvalue weighted by Crippen LogP contribution is 2.49. The van der Waals surface area contributed by atoms with Gasteiger partial charge >= 0.3 is 0 Å². The van der Waals surface area contributed by atoms with Gasteiger partial charge in [0.05, 0.1) is 6.04 Å². The Morgan fingerprint density at radius 1 is 1.12 bits per heavy atom. The minimum absolute atomic E-state index is 0.230. The van der Waals surface area contributed by atoms with Crippen molar-refractivity contribution >= 4 is 5.71 Å². The van der Waals surface area contributed by atoms with Crippen LogP contribution in [0.4, 0.5) is 0 Å². The summed E-state index contributed by atoms with van der Waals surface area (Å²) in [4.78, 5) is 2.36. The molecule has 0 radical (unpaired) electrons. The number of aryl methyl sites for hydroxylation is 1. The summed E-state index contributed by atoms with van der Waals surface area (Å²) >= 11 is 0. The number of ether oxygens (including phenoxy) is 1. The van der Waals surface area contributed by atoms with E-state index in [1.54, 1.807) is 0 Å². The first kappa shape index (κ1) is 15.0. The molecule has 1 fully saturated rings. The highest BCUT2D eigenvalue weighted by molar-refractivity contribution is 5.99. The number of hydrazone groups is 1. The van der Waals surface area contributed by atoms with Gasteiger partial charge in [-0.2, -0.15) is 5.10 Å². The van der Waals surface area contributed by atoms with Crippen molar-refractivity contribution < 1.29 is 9.15 Å². The second-order valence-electron chi connectivity index (χ2n) is 7.41. The fourth-order valence-corrected chi connectivity index (χ4v) is 4.27. The van der Waals surface area contributed by atoms with Gasteiger partial charge in [0.15, 0.2) is 0 Å². The van der Waals surface area contributed by atoms with Gasteiger partial charge in [-0.05, 0) is 32.2 Å². The molecule has 0 bridgehead atoms. The van der Waals surface area contributed by atoms with Crippen molar-refractivity contribution in [3.8, 4) is 5.75 Å². The quantitative estimate of drug-likeness (QED) is 0.798. The summed E-state index contributed by atoms with van der Waals surface area (Å²) in [6.45, 7) is 4.02. The van der Waals surface area contributed by atoms with E-state index in [9.17, 15) is 0 Å². The molecule has 5 heteroatoms. The SMILES string of the molecule is Cc1ccc(C2=NN3[C@@H](C2)c2ccccc2OC32CCN(C)CC2)o1. The van der Waals surface area contributed by atoms with Gasteiger partial charge in [0.1, 0.15) is 23.0 Å². The van der Waals surface area contributed by atoms with Crippen LogP contribution in [0.25, 0.3) is 0 Å². The van der Waals surface area contributed by atoms with E-state index in [0.29, 0.717) is 0 Å². The second kappa shape index (κ2) is 5.36. The third-order valence-electron chi connectivity index (χ3n) is 5.70.